The van der Waals surface area contributed by atoms with Crippen molar-refractivity contribution in [1.29, 1.82) is 0 Å². The molecular weight excluding hydrogens is 387 g/mol. The minimum Gasteiger partial charge on any atom is -0.316 e. The minimum absolute atomic E-state index is 0. The Labute approximate surface area is 164 Å². The summed E-state index contributed by atoms with van der Waals surface area (Å²) in [6, 6.07) is 2.02. The van der Waals surface area contributed by atoms with E-state index in [1.165, 1.54) is 11.3 Å². The molecule has 8 heteroatoms. The van der Waals surface area contributed by atoms with Crippen LogP contribution in [0, 0.1) is 12.8 Å². The van der Waals surface area contributed by atoms with Gasteiger partial charge in [0.05, 0.1) is 16.2 Å². The van der Waals surface area contributed by atoms with Crippen molar-refractivity contribution < 1.29 is 0 Å². The SMILES string of the molecule is Cc1ncsc1CN(Cc1ccncc1Cl)CC1CCNC1.Cl.Cl. The van der Waals surface area contributed by atoms with Crippen LogP contribution in [0.3, 0.4) is 0 Å². The quantitative estimate of drug-likeness (QED) is 0.784. The van der Waals surface area contributed by atoms with E-state index < -0.39 is 0 Å². The second-order valence-electron chi connectivity index (χ2n) is 5.86. The van der Waals surface area contributed by atoms with Gasteiger partial charge in [0.1, 0.15) is 0 Å². The van der Waals surface area contributed by atoms with Crippen LogP contribution in [0.15, 0.2) is 24.0 Å². The average molecular weight is 410 g/mol. The van der Waals surface area contributed by atoms with Gasteiger partial charge in [0.15, 0.2) is 0 Å². The normalized spacial score (nSPS) is 16.7. The molecule has 0 saturated carbocycles. The fourth-order valence-electron chi connectivity index (χ4n) is 2.87. The molecule has 0 bridgehead atoms. The van der Waals surface area contributed by atoms with Gasteiger partial charge < -0.3 is 5.32 Å². The predicted molar refractivity (Wildman–Crippen MR) is 106 cm³/mol. The van der Waals surface area contributed by atoms with Gasteiger partial charge in [-0.05, 0) is 44.0 Å². The van der Waals surface area contributed by atoms with Crippen molar-refractivity contribution in [2.45, 2.75) is 26.4 Å². The molecule has 0 amide bonds. The third-order valence-corrected chi connectivity index (χ3v) is 5.40. The second kappa shape index (κ2) is 10.5. The van der Waals surface area contributed by atoms with Gasteiger partial charge in [-0.25, -0.2) is 4.98 Å². The van der Waals surface area contributed by atoms with Crippen molar-refractivity contribution in [3.8, 4) is 0 Å². The van der Waals surface area contributed by atoms with Crippen LogP contribution in [-0.2, 0) is 13.1 Å². The lowest BCUT2D eigenvalue weighted by Crippen LogP contribution is -2.30. The molecule has 0 aliphatic carbocycles. The Balaban J connectivity index is 0.00000144. The number of nitrogens with zero attached hydrogens (tertiary/aromatic N) is 3. The highest BCUT2D eigenvalue weighted by atomic mass is 35.5. The van der Waals surface area contributed by atoms with Gasteiger partial charge in [0.25, 0.3) is 0 Å². The smallest absolute Gasteiger partial charge is 0.0798 e. The molecule has 1 N–H and O–H groups in total. The zero-order chi connectivity index (χ0) is 15.4. The first-order chi connectivity index (χ1) is 10.7. The Hall–Kier alpha value is -0.430. The zero-order valence-corrected chi connectivity index (χ0v) is 16.8. The van der Waals surface area contributed by atoms with Gasteiger partial charge in [-0.15, -0.1) is 36.2 Å². The summed E-state index contributed by atoms with van der Waals surface area (Å²) in [6.07, 6.45) is 4.79. The van der Waals surface area contributed by atoms with Crippen LogP contribution in [0.5, 0.6) is 0 Å². The Morgan fingerprint density at radius 2 is 2.21 bits per heavy atom. The van der Waals surface area contributed by atoms with E-state index >= 15 is 0 Å². The average Bonchev–Trinajstić information content (AvgIpc) is 3.14. The predicted octanol–water partition coefficient (Wildman–Crippen LogP) is 3.96. The van der Waals surface area contributed by atoms with E-state index in [1.54, 1.807) is 17.5 Å². The maximum absolute atomic E-state index is 6.29. The van der Waals surface area contributed by atoms with Gasteiger partial charge >= 0.3 is 0 Å². The number of nitrogens with one attached hydrogen (secondary N) is 1. The summed E-state index contributed by atoms with van der Waals surface area (Å²) in [7, 11) is 0. The van der Waals surface area contributed by atoms with E-state index in [4.69, 9.17) is 11.6 Å². The summed E-state index contributed by atoms with van der Waals surface area (Å²) >= 11 is 8.02. The Bertz CT molecular complexity index is 617. The van der Waals surface area contributed by atoms with Crippen LogP contribution in [-0.4, -0.2) is 34.5 Å². The molecule has 0 aromatic carbocycles. The number of hydrogen-bond acceptors (Lipinski definition) is 5. The molecule has 134 valence electrons. The molecule has 1 fully saturated rings. The molecule has 3 rings (SSSR count). The summed E-state index contributed by atoms with van der Waals surface area (Å²) in [5.74, 6) is 0.717. The van der Waals surface area contributed by atoms with Crippen LogP contribution in [0.2, 0.25) is 5.02 Å². The van der Waals surface area contributed by atoms with E-state index in [2.05, 4.69) is 27.1 Å². The highest BCUT2D eigenvalue weighted by molar-refractivity contribution is 7.09. The molecule has 0 radical (unpaired) electrons. The topological polar surface area (TPSA) is 41.1 Å². The zero-order valence-electron chi connectivity index (χ0n) is 13.6. The maximum atomic E-state index is 6.29. The molecular formula is C16H23Cl3N4S. The van der Waals surface area contributed by atoms with Crippen LogP contribution in [0.25, 0.3) is 0 Å². The van der Waals surface area contributed by atoms with Crippen LogP contribution >= 0.6 is 47.8 Å². The monoisotopic (exact) mass is 408 g/mol. The molecule has 4 nitrogen and oxygen atoms in total. The minimum atomic E-state index is 0. The third kappa shape index (κ3) is 5.83. The largest absolute Gasteiger partial charge is 0.316 e. The molecule has 3 heterocycles. The van der Waals surface area contributed by atoms with E-state index in [9.17, 15) is 0 Å². The first-order valence-corrected chi connectivity index (χ1v) is 8.88. The Morgan fingerprint density at radius 1 is 1.38 bits per heavy atom. The molecule has 1 aliphatic heterocycles. The van der Waals surface area contributed by atoms with E-state index in [1.807, 2.05) is 17.8 Å². The molecule has 0 spiro atoms. The van der Waals surface area contributed by atoms with Crippen LogP contribution in [0.4, 0.5) is 0 Å². The summed E-state index contributed by atoms with van der Waals surface area (Å²) in [5, 5.41) is 4.20. The van der Waals surface area contributed by atoms with Gasteiger partial charge in [-0.1, -0.05) is 11.6 Å². The van der Waals surface area contributed by atoms with Crippen molar-refractivity contribution in [2.24, 2.45) is 5.92 Å². The van der Waals surface area contributed by atoms with Gasteiger partial charge in [0, 0.05) is 36.9 Å². The van der Waals surface area contributed by atoms with E-state index in [-0.39, 0.29) is 24.8 Å². The standard InChI is InChI=1S/C16H21ClN4S.2ClH/c1-12-16(22-11-20-12)10-21(8-13-2-4-18-6-13)9-14-3-5-19-7-15(14)17;;/h3,5,7,11,13,18H,2,4,6,8-10H2,1H3;2*1H. The van der Waals surface area contributed by atoms with Gasteiger partial charge in [-0.2, -0.15) is 0 Å². The highest BCUT2D eigenvalue weighted by Gasteiger charge is 2.20. The van der Waals surface area contributed by atoms with E-state index in [0.717, 1.165) is 49.0 Å². The fraction of sp³-hybridized carbons (Fsp3) is 0.500. The van der Waals surface area contributed by atoms with E-state index in [0.29, 0.717) is 5.92 Å². The van der Waals surface area contributed by atoms with Crippen molar-refractivity contribution in [1.82, 2.24) is 20.2 Å². The fourth-order valence-corrected chi connectivity index (χ4v) is 3.87. The second-order valence-corrected chi connectivity index (χ2v) is 7.20. The lowest BCUT2D eigenvalue weighted by molar-refractivity contribution is 0.222. The Morgan fingerprint density at radius 3 is 2.83 bits per heavy atom. The van der Waals surface area contributed by atoms with Crippen molar-refractivity contribution in [3.63, 3.8) is 0 Å². The van der Waals surface area contributed by atoms with Gasteiger partial charge in [-0.3, -0.25) is 9.88 Å². The van der Waals surface area contributed by atoms with Crippen molar-refractivity contribution >= 4 is 47.8 Å². The van der Waals surface area contributed by atoms with Gasteiger partial charge in [0.2, 0.25) is 0 Å². The number of thiazole rings is 1. The lowest BCUT2D eigenvalue weighted by atomic mass is 10.1. The van der Waals surface area contributed by atoms with Crippen molar-refractivity contribution in [2.75, 3.05) is 19.6 Å². The summed E-state index contributed by atoms with van der Waals surface area (Å²) < 4.78 is 0. The molecule has 2 aromatic heterocycles. The molecule has 1 unspecified atom stereocenters. The molecule has 2 aromatic rings. The molecule has 1 saturated heterocycles. The summed E-state index contributed by atoms with van der Waals surface area (Å²) in [4.78, 5) is 12.3. The first-order valence-electron chi connectivity index (χ1n) is 7.63. The Kier molecular flexibility index (Phi) is 9.49. The van der Waals surface area contributed by atoms with Crippen molar-refractivity contribution in [3.05, 3.63) is 45.1 Å². The third-order valence-electron chi connectivity index (χ3n) is 4.14. The number of hydrogen-bond donors (Lipinski definition) is 1. The number of halogens is 3. The number of aromatic nitrogens is 2. The first kappa shape index (κ1) is 21.6. The molecule has 1 aliphatic rings. The molecule has 1 atom stereocenters. The molecule has 24 heavy (non-hydrogen) atoms. The van der Waals surface area contributed by atoms with Crippen LogP contribution < -0.4 is 5.32 Å². The highest BCUT2D eigenvalue weighted by Crippen LogP contribution is 2.22. The summed E-state index contributed by atoms with van der Waals surface area (Å²) in [5.41, 5.74) is 4.21. The number of rotatable bonds is 6. The van der Waals surface area contributed by atoms with Crippen LogP contribution in [0.1, 0.15) is 22.6 Å². The summed E-state index contributed by atoms with van der Waals surface area (Å²) in [6.45, 7) is 7.21. The lowest BCUT2D eigenvalue weighted by Gasteiger charge is -2.25. The number of pyridine rings is 1. The maximum Gasteiger partial charge on any atom is 0.0798 e. The number of aryl methyl sites for hydroxylation is 1.